The van der Waals surface area contributed by atoms with Gasteiger partial charge in [-0.1, -0.05) is 37.7 Å². The number of para-hydroxylation sites is 2. The number of amides is 1. The minimum atomic E-state index is -0.381. The Morgan fingerprint density at radius 3 is 2.59 bits per heavy atom. The lowest BCUT2D eigenvalue weighted by molar-refractivity contribution is 0.100. The maximum absolute atomic E-state index is 11.4. The maximum Gasteiger partial charge on any atom is 0.259 e. The smallest absolute Gasteiger partial charge is 0.259 e. The summed E-state index contributed by atoms with van der Waals surface area (Å²) in [4.78, 5) is 16.6. The molecule has 3 rings (SSSR count). The van der Waals surface area contributed by atoms with E-state index in [0.717, 1.165) is 26.8 Å². The highest BCUT2D eigenvalue weighted by Gasteiger charge is 2.16. The number of hydrogen-bond acceptors (Lipinski definition) is 4. The standard InChI is InChI=1S/C14H13N3OS2.C2H6/c1-8-7-11(20-12(8)13(15)18)17-10-6-4-3-5-9(10)16-14(17)19-2;1-2/h3-7H,1-2H3,(H2,15,18);1-2H3. The highest BCUT2D eigenvalue weighted by Crippen LogP contribution is 2.32. The Balaban J connectivity index is 0.000000847. The van der Waals surface area contributed by atoms with Crippen LogP contribution in [-0.4, -0.2) is 21.7 Å². The summed E-state index contributed by atoms with van der Waals surface area (Å²) in [6.45, 7) is 5.90. The SMILES string of the molecule is CC.CSc1nc2ccccc2n1-c1cc(C)c(C(N)=O)s1. The fourth-order valence-electron chi connectivity index (χ4n) is 2.17. The first-order chi connectivity index (χ1) is 10.6. The van der Waals surface area contributed by atoms with Crippen LogP contribution in [0.25, 0.3) is 16.0 Å². The number of carbonyl (C=O) groups is 1. The lowest BCUT2D eigenvalue weighted by Crippen LogP contribution is -2.09. The van der Waals surface area contributed by atoms with Crippen molar-refractivity contribution in [2.75, 3.05) is 6.26 Å². The van der Waals surface area contributed by atoms with E-state index in [1.807, 2.05) is 57.4 Å². The summed E-state index contributed by atoms with van der Waals surface area (Å²) < 4.78 is 2.07. The first-order valence-corrected chi connectivity index (χ1v) is 9.08. The second-order valence-electron chi connectivity index (χ2n) is 4.38. The first-order valence-electron chi connectivity index (χ1n) is 7.04. The van der Waals surface area contributed by atoms with Gasteiger partial charge in [-0.2, -0.15) is 0 Å². The Morgan fingerprint density at radius 2 is 2.00 bits per heavy atom. The van der Waals surface area contributed by atoms with Crippen LogP contribution in [0.15, 0.2) is 35.5 Å². The van der Waals surface area contributed by atoms with Gasteiger partial charge in [0.1, 0.15) is 5.00 Å². The number of fused-ring (bicyclic) bond motifs is 1. The fraction of sp³-hybridized carbons (Fsp3) is 0.250. The molecule has 0 aliphatic heterocycles. The van der Waals surface area contributed by atoms with Gasteiger partial charge in [-0.3, -0.25) is 9.36 Å². The molecule has 0 unspecified atom stereocenters. The molecule has 2 aromatic heterocycles. The number of nitrogens with zero attached hydrogens (tertiary/aromatic N) is 2. The molecular formula is C16H19N3OS2. The van der Waals surface area contributed by atoms with Crippen LogP contribution < -0.4 is 5.73 Å². The van der Waals surface area contributed by atoms with Crippen molar-refractivity contribution >= 4 is 40.0 Å². The third-order valence-electron chi connectivity index (χ3n) is 3.06. The van der Waals surface area contributed by atoms with Gasteiger partial charge in [0.2, 0.25) is 0 Å². The van der Waals surface area contributed by atoms with Crippen molar-refractivity contribution in [3.8, 4) is 5.00 Å². The number of thioether (sulfide) groups is 1. The number of imidazole rings is 1. The lowest BCUT2D eigenvalue weighted by atomic mass is 10.3. The Morgan fingerprint density at radius 1 is 1.32 bits per heavy atom. The van der Waals surface area contributed by atoms with Gasteiger partial charge >= 0.3 is 0 Å². The van der Waals surface area contributed by atoms with Crippen LogP contribution in [0.3, 0.4) is 0 Å². The second kappa shape index (κ2) is 6.98. The molecule has 3 aromatic rings. The van der Waals surface area contributed by atoms with E-state index in [2.05, 4.69) is 9.55 Å². The molecule has 1 aromatic carbocycles. The van der Waals surface area contributed by atoms with Gasteiger partial charge in [0, 0.05) is 0 Å². The average molecular weight is 333 g/mol. The number of aryl methyl sites for hydroxylation is 1. The number of carbonyl (C=O) groups excluding carboxylic acids is 1. The van der Waals surface area contributed by atoms with Crippen molar-refractivity contribution in [1.29, 1.82) is 0 Å². The predicted octanol–water partition coefficient (Wildman–Crippen LogP) is 4.24. The summed E-state index contributed by atoms with van der Waals surface area (Å²) >= 11 is 2.99. The van der Waals surface area contributed by atoms with E-state index in [1.165, 1.54) is 11.3 Å². The van der Waals surface area contributed by atoms with E-state index in [1.54, 1.807) is 11.8 Å². The zero-order valence-corrected chi connectivity index (χ0v) is 14.7. The molecule has 0 saturated heterocycles. The number of benzene rings is 1. The van der Waals surface area contributed by atoms with E-state index in [-0.39, 0.29) is 5.91 Å². The molecule has 116 valence electrons. The topological polar surface area (TPSA) is 60.9 Å². The van der Waals surface area contributed by atoms with Crippen LogP contribution in [-0.2, 0) is 0 Å². The zero-order chi connectivity index (χ0) is 16.3. The molecular weight excluding hydrogens is 314 g/mol. The van der Waals surface area contributed by atoms with E-state index in [4.69, 9.17) is 5.73 Å². The number of thiophene rings is 1. The van der Waals surface area contributed by atoms with Crippen molar-refractivity contribution in [3.63, 3.8) is 0 Å². The molecule has 0 aliphatic carbocycles. The highest BCUT2D eigenvalue weighted by molar-refractivity contribution is 7.98. The Bertz CT molecular complexity index is 805. The molecule has 2 N–H and O–H groups in total. The largest absolute Gasteiger partial charge is 0.365 e. The van der Waals surface area contributed by atoms with E-state index in [9.17, 15) is 4.79 Å². The normalized spacial score (nSPS) is 10.4. The van der Waals surface area contributed by atoms with Crippen LogP contribution >= 0.6 is 23.1 Å². The summed E-state index contributed by atoms with van der Waals surface area (Å²) in [5, 5.41) is 1.87. The third-order valence-corrected chi connectivity index (χ3v) is 4.94. The van der Waals surface area contributed by atoms with Crippen molar-refractivity contribution in [1.82, 2.24) is 9.55 Å². The maximum atomic E-state index is 11.4. The van der Waals surface area contributed by atoms with Gasteiger partial charge in [-0.05, 0) is 36.9 Å². The lowest BCUT2D eigenvalue weighted by Gasteiger charge is -2.03. The summed E-state index contributed by atoms with van der Waals surface area (Å²) in [5.41, 5.74) is 8.29. The molecule has 0 saturated carbocycles. The van der Waals surface area contributed by atoms with Gasteiger partial charge in [0.15, 0.2) is 5.16 Å². The van der Waals surface area contributed by atoms with Crippen molar-refractivity contribution in [3.05, 3.63) is 40.8 Å². The van der Waals surface area contributed by atoms with Crippen LogP contribution in [0.4, 0.5) is 0 Å². The third kappa shape index (κ3) is 2.89. The monoisotopic (exact) mass is 333 g/mol. The van der Waals surface area contributed by atoms with Crippen LogP contribution in [0.1, 0.15) is 29.1 Å². The number of hydrogen-bond donors (Lipinski definition) is 1. The molecule has 4 nitrogen and oxygen atoms in total. The first kappa shape index (κ1) is 16.6. The predicted molar refractivity (Wildman–Crippen MR) is 95.3 cm³/mol. The van der Waals surface area contributed by atoms with Gasteiger partial charge in [-0.15, -0.1) is 11.3 Å². The molecule has 1 amide bonds. The van der Waals surface area contributed by atoms with Gasteiger partial charge in [0.05, 0.1) is 15.9 Å². The Hall–Kier alpha value is -1.79. The van der Waals surface area contributed by atoms with Gasteiger partial charge in [-0.25, -0.2) is 4.98 Å². The second-order valence-corrected chi connectivity index (χ2v) is 6.19. The van der Waals surface area contributed by atoms with Gasteiger partial charge in [0.25, 0.3) is 5.91 Å². The molecule has 6 heteroatoms. The van der Waals surface area contributed by atoms with E-state index < -0.39 is 0 Å². The molecule has 2 heterocycles. The summed E-state index contributed by atoms with van der Waals surface area (Å²) in [5.74, 6) is -0.381. The summed E-state index contributed by atoms with van der Waals surface area (Å²) in [6.07, 6.45) is 1.99. The number of rotatable bonds is 3. The minimum Gasteiger partial charge on any atom is -0.365 e. The fourth-order valence-corrected chi connectivity index (χ4v) is 3.84. The van der Waals surface area contributed by atoms with Gasteiger partial charge < -0.3 is 5.73 Å². The number of aromatic nitrogens is 2. The zero-order valence-electron chi connectivity index (χ0n) is 13.1. The molecule has 0 aliphatic rings. The van der Waals surface area contributed by atoms with E-state index >= 15 is 0 Å². The highest BCUT2D eigenvalue weighted by atomic mass is 32.2. The molecule has 0 spiro atoms. The quantitative estimate of drug-likeness (QED) is 0.729. The number of nitrogens with two attached hydrogens (primary N) is 1. The molecule has 22 heavy (non-hydrogen) atoms. The molecule has 0 bridgehead atoms. The average Bonchev–Trinajstić information content (AvgIpc) is 3.09. The molecule has 0 radical (unpaired) electrons. The van der Waals surface area contributed by atoms with Crippen LogP contribution in [0, 0.1) is 6.92 Å². The Labute approximate surface area is 138 Å². The van der Waals surface area contributed by atoms with Crippen molar-refractivity contribution < 1.29 is 4.79 Å². The van der Waals surface area contributed by atoms with Crippen molar-refractivity contribution in [2.45, 2.75) is 25.9 Å². The van der Waals surface area contributed by atoms with E-state index in [0.29, 0.717) is 4.88 Å². The van der Waals surface area contributed by atoms with Crippen LogP contribution in [0.2, 0.25) is 0 Å². The Kier molecular flexibility index (Phi) is 5.26. The molecule has 0 fully saturated rings. The van der Waals surface area contributed by atoms with Crippen molar-refractivity contribution in [2.24, 2.45) is 5.73 Å². The minimum absolute atomic E-state index is 0.381. The molecule has 0 atom stereocenters. The number of primary amides is 1. The van der Waals surface area contributed by atoms with Crippen LogP contribution in [0.5, 0.6) is 0 Å². The summed E-state index contributed by atoms with van der Waals surface area (Å²) in [6, 6.07) is 9.96. The summed E-state index contributed by atoms with van der Waals surface area (Å²) in [7, 11) is 0.